The number of hydrazine groups is 1. The van der Waals surface area contributed by atoms with Crippen molar-refractivity contribution in [2.75, 3.05) is 11.6 Å². The second kappa shape index (κ2) is 7.39. The van der Waals surface area contributed by atoms with Crippen LogP contribution >= 0.6 is 0 Å². The van der Waals surface area contributed by atoms with Crippen LogP contribution in [0.2, 0.25) is 0 Å². The van der Waals surface area contributed by atoms with E-state index in [0.29, 0.717) is 0 Å². The molecule has 2 aromatic carbocycles. The zero-order chi connectivity index (χ0) is 13.3. The highest BCUT2D eigenvalue weighted by Crippen LogP contribution is 2.22. The van der Waals surface area contributed by atoms with Crippen molar-refractivity contribution in [2.45, 2.75) is 12.8 Å². The van der Waals surface area contributed by atoms with Gasteiger partial charge in [-0.2, -0.15) is 0 Å². The van der Waals surface area contributed by atoms with Gasteiger partial charge in [0, 0.05) is 6.54 Å². The molecule has 19 heavy (non-hydrogen) atoms. The Labute approximate surface area is 115 Å². The lowest BCUT2D eigenvalue weighted by molar-refractivity contribution is 0.666. The Kier molecular flexibility index (Phi) is 5.20. The number of benzene rings is 2. The minimum absolute atomic E-state index is 0.926. The van der Waals surface area contributed by atoms with Crippen molar-refractivity contribution in [3.63, 3.8) is 0 Å². The maximum atomic E-state index is 3.75. The monoisotopic (exact) mass is 252 g/mol. The summed E-state index contributed by atoms with van der Waals surface area (Å²) in [6, 6.07) is 20.7. The molecule has 0 fully saturated rings. The Morgan fingerprint density at radius 1 is 0.895 bits per heavy atom. The van der Waals surface area contributed by atoms with E-state index in [9.17, 15) is 0 Å². The van der Waals surface area contributed by atoms with Gasteiger partial charge in [0.05, 0.1) is 11.4 Å². The summed E-state index contributed by atoms with van der Waals surface area (Å²) >= 11 is 0. The summed E-state index contributed by atoms with van der Waals surface area (Å²) in [4.78, 5) is 0. The molecule has 1 N–H and O–H groups in total. The number of unbranched alkanes of at least 4 members (excludes halogenated alkanes) is 1. The molecule has 0 saturated carbocycles. The van der Waals surface area contributed by atoms with E-state index in [1.54, 1.807) is 0 Å². The van der Waals surface area contributed by atoms with Crippen LogP contribution in [0, 0.1) is 0 Å². The Morgan fingerprint density at radius 3 is 1.89 bits per heavy atom. The smallest absolute Gasteiger partial charge is 0.0577 e. The fourth-order valence-electron chi connectivity index (χ4n) is 1.92. The van der Waals surface area contributed by atoms with Crippen LogP contribution in [0.5, 0.6) is 0 Å². The first-order chi connectivity index (χ1) is 9.42. The average molecular weight is 252 g/mol. The van der Waals surface area contributed by atoms with Gasteiger partial charge in [0.15, 0.2) is 0 Å². The van der Waals surface area contributed by atoms with Crippen molar-refractivity contribution < 1.29 is 0 Å². The third-order valence-electron chi connectivity index (χ3n) is 2.88. The Hall–Kier alpha value is -2.06. The summed E-state index contributed by atoms with van der Waals surface area (Å²) in [5, 5.41) is 2.13. The molecular formula is C17H20N2. The van der Waals surface area contributed by atoms with E-state index >= 15 is 0 Å². The predicted octanol–water partition coefficient (Wildman–Crippen LogP) is 4.30. The lowest BCUT2D eigenvalue weighted by Gasteiger charge is -2.25. The number of hydrogen-bond acceptors (Lipinski definition) is 2. The van der Waals surface area contributed by atoms with Crippen molar-refractivity contribution in [1.29, 1.82) is 0 Å². The van der Waals surface area contributed by atoms with Crippen LogP contribution in [-0.2, 0) is 0 Å². The van der Waals surface area contributed by atoms with E-state index < -0.39 is 0 Å². The predicted molar refractivity (Wildman–Crippen MR) is 82.5 cm³/mol. The average Bonchev–Trinajstić information content (AvgIpc) is 2.49. The molecule has 2 aromatic rings. The number of hydrogen-bond donors (Lipinski definition) is 1. The summed E-state index contributed by atoms with van der Waals surface area (Å²) in [6.07, 6.45) is 4.07. The Morgan fingerprint density at radius 2 is 1.42 bits per heavy atom. The van der Waals surface area contributed by atoms with Gasteiger partial charge in [0.25, 0.3) is 0 Å². The third-order valence-corrected chi connectivity index (χ3v) is 2.88. The summed E-state index contributed by atoms with van der Waals surface area (Å²) in [5.74, 6) is 0. The molecule has 0 unspecified atom stereocenters. The van der Waals surface area contributed by atoms with Crippen LogP contribution in [0.1, 0.15) is 12.8 Å². The van der Waals surface area contributed by atoms with Crippen LogP contribution in [0.4, 0.5) is 11.4 Å². The first kappa shape index (κ1) is 13.4. The van der Waals surface area contributed by atoms with Crippen LogP contribution in [0.25, 0.3) is 0 Å². The summed E-state index contributed by atoms with van der Waals surface area (Å²) in [6.45, 7) is 4.68. The molecule has 98 valence electrons. The summed E-state index contributed by atoms with van der Waals surface area (Å²) in [5.41, 5.74) is 5.76. The van der Waals surface area contributed by atoms with Crippen molar-refractivity contribution in [3.05, 3.63) is 73.3 Å². The molecule has 0 aliphatic rings. The van der Waals surface area contributed by atoms with Crippen molar-refractivity contribution in [2.24, 2.45) is 0 Å². The largest absolute Gasteiger partial charge is 0.277 e. The zero-order valence-corrected chi connectivity index (χ0v) is 11.1. The second-order valence-corrected chi connectivity index (χ2v) is 4.35. The zero-order valence-electron chi connectivity index (χ0n) is 11.1. The van der Waals surface area contributed by atoms with Gasteiger partial charge in [-0.25, -0.2) is 5.43 Å². The molecule has 0 aliphatic carbocycles. The molecule has 0 bridgehead atoms. The van der Waals surface area contributed by atoms with Gasteiger partial charge in [-0.15, -0.1) is 6.58 Å². The first-order valence-corrected chi connectivity index (χ1v) is 6.66. The molecule has 0 heterocycles. The van der Waals surface area contributed by atoms with Crippen molar-refractivity contribution >= 4 is 11.4 Å². The quantitative estimate of drug-likeness (QED) is 0.449. The molecule has 2 nitrogen and oxygen atoms in total. The Balaban J connectivity index is 2.12. The fourth-order valence-corrected chi connectivity index (χ4v) is 1.92. The van der Waals surface area contributed by atoms with E-state index in [4.69, 9.17) is 0 Å². The molecule has 0 atom stereocenters. The summed E-state index contributed by atoms with van der Waals surface area (Å²) in [7, 11) is 0. The van der Waals surface area contributed by atoms with E-state index in [1.807, 2.05) is 18.2 Å². The van der Waals surface area contributed by atoms with E-state index in [1.165, 1.54) is 0 Å². The highest BCUT2D eigenvalue weighted by molar-refractivity contribution is 5.61. The summed E-state index contributed by atoms with van der Waals surface area (Å²) < 4.78 is 0. The third kappa shape index (κ3) is 3.97. The lowest BCUT2D eigenvalue weighted by atomic mass is 10.2. The highest BCUT2D eigenvalue weighted by atomic mass is 15.5. The van der Waals surface area contributed by atoms with Gasteiger partial charge in [0.1, 0.15) is 0 Å². The van der Waals surface area contributed by atoms with Crippen LogP contribution in [0.15, 0.2) is 73.3 Å². The number of allylic oxidation sites excluding steroid dienone is 1. The van der Waals surface area contributed by atoms with Crippen molar-refractivity contribution in [3.8, 4) is 0 Å². The van der Waals surface area contributed by atoms with E-state index in [-0.39, 0.29) is 0 Å². The maximum absolute atomic E-state index is 3.75. The molecule has 0 spiro atoms. The van der Waals surface area contributed by atoms with Gasteiger partial charge in [-0.1, -0.05) is 42.5 Å². The standard InChI is InChI=1S/C17H20N2/c1-2-3-10-15-18-19(16-11-6-4-7-12-16)17-13-8-5-9-14-17/h2,4-9,11-14,18H,1,3,10,15H2. The first-order valence-electron chi connectivity index (χ1n) is 6.66. The van der Waals surface area contributed by atoms with Crippen molar-refractivity contribution in [1.82, 2.24) is 5.43 Å². The number of nitrogens with zero attached hydrogens (tertiary/aromatic N) is 1. The molecule has 0 amide bonds. The second-order valence-electron chi connectivity index (χ2n) is 4.35. The van der Waals surface area contributed by atoms with Gasteiger partial charge in [0.2, 0.25) is 0 Å². The topological polar surface area (TPSA) is 15.3 Å². The number of nitrogens with one attached hydrogen (secondary N) is 1. The fraction of sp³-hybridized carbons (Fsp3) is 0.176. The van der Waals surface area contributed by atoms with Crippen LogP contribution < -0.4 is 10.4 Å². The maximum Gasteiger partial charge on any atom is 0.0577 e. The number of rotatable bonds is 7. The van der Waals surface area contributed by atoms with Crippen LogP contribution in [-0.4, -0.2) is 6.54 Å². The van der Waals surface area contributed by atoms with Crippen LogP contribution in [0.3, 0.4) is 0 Å². The number of para-hydroxylation sites is 2. The lowest BCUT2D eigenvalue weighted by Crippen LogP contribution is -2.34. The van der Waals surface area contributed by atoms with E-state index in [0.717, 1.165) is 30.8 Å². The minimum atomic E-state index is 0.926. The molecule has 2 heteroatoms. The number of anilines is 2. The van der Waals surface area contributed by atoms with Gasteiger partial charge >= 0.3 is 0 Å². The molecule has 0 radical (unpaired) electrons. The molecule has 0 saturated heterocycles. The molecular weight excluding hydrogens is 232 g/mol. The molecule has 0 aliphatic heterocycles. The molecule has 0 aromatic heterocycles. The van der Waals surface area contributed by atoms with Gasteiger partial charge in [-0.3, -0.25) is 5.01 Å². The minimum Gasteiger partial charge on any atom is -0.277 e. The SMILES string of the molecule is C=CCCCNN(c1ccccc1)c1ccccc1. The van der Waals surface area contributed by atoms with Gasteiger partial charge < -0.3 is 0 Å². The molecule has 2 rings (SSSR count). The Bertz CT molecular complexity index is 440. The highest BCUT2D eigenvalue weighted by Gasteiger charge is 2.07. The van der Waals surface area contributed by atoms with E-state index in [2.05, 4.69) is 65.5 Å². The van der Waals surface area contributed by atoms with Gasteiger partial charge in [-0.05, 0) is 37.1 Å². The normalized spacial score (nSPS) is 10.1.